The smallest absolute Gasteiger partial charge is 0.262 e. The Labute approximate surface area is 183 Å². The van der Waals surface area contributed by atoms with Crippen molar-refractivity contribution >= 4 is 51.0 Å². The molecule has 0 saturated heterocycles. The topological polar surface area (TPSA) is 50.7 Å². The van der Waals surface area contributed by atoms with Crippen LogP contribution in [0.1, 0.15) is 16.7 Å². The molecule has 148 valence electrons. The number of anilines is 1. The lowest BCUT2D eigenvalue weighted by molar-refractivity contribution is -0.118. The van der Waals surface area contributed by atoms with Gasteiger partial charge >= 0.3 is 0 Å². The van der Waals surface area contributed by atoms with Gasteiger partial charge in [-0.15, -0.1) is 0 Å². The molecule has 3 aromatic rings. The maximum atomic E-state index is 12.2. The van der Waals surface area contributed by atoms with Crippen molar-refractivity contribution < 1.29 is 9.53 Å². The Morgan fingerprint density at radius 2 is 1.97 bits per heavy atom. The highest BCUT2D eigenvalue weighted by Crippen LogP contribution is 2.26. The van der Waals surface area contributed by atoms with Crippen LogP contribution in [0.25, 0.3) is 0 Å². The number of aryl methyl sites for hydroxylation is 2. The fraction of sp³-hybridized carbons (Fsp3) is 0.130. The molecule has 0 spiro atoms. The number of aliphatic imine (C=N–C) groups is 1. The third kappa shape index (κ3) is 6.17. The van der Waals surface area contributed by atoms with E-state index in [2.05, 4.69) is 26.2 Å². The van der Waals surface area contributed by atoms with E-state index < -0.39 is 0 Å². The highest BCUT2D eigenvalue weighted by Gasteiger charge is 2.08. The molecule has 4 nitrogen and oxygen atoms in total. The van der Waals surface area contributed by atoms with Gasteiger partial charge in [0.2, 0.25) is 0 Å². The van der Waals surface area contributed by atoms with Gasteiger partial charge in [0.1, 0.15) is 5.75 Å². The molecule has 0 heterocycles. The third-order valence-corrected chi connectivity index (χ3v) is 4.87. The summed E-state index contributed by atoms with van der Waals surface area (Å²) < 4.78 is 6.64. The maximum absolute atomic E-state index is 12.2. The average Bonchev–Trinajstić information content (AvgIpc) is 2.68. The van der Waals surface area contributed by atoms with Gasteiger partial charge in [-0.05, 0) is 67.4 Å². The number of hydrogen-bond acceptors (Lipinski definition) is 3. The molecule has 0 atom stereocenters. The number of amides is 1. The molecular formula is C23H20BrClN2O2. The molecule has 29 heavy (non-hydrogen) atoms. The number of carbonyl (C=O) groups is 1. The number of nitrogens with zero attached hydrogens (tertiary/aromatic N) is 1. The van der Waals surface area contributed by atoms with Crippen molar-refractivity contribution in [1.82, 2.24) is 0 Å². The number of hydrogen-bond donors (Lipinski definition) is 1. The number of halogens is 2. The maximum Gasteiger partial charge on any atom is 0.262 e. The Balaban J connectivity index is 1.72. The normalized spacial score (nSPS) is 10.9. The van der Waals surface area contributed by atoms with Crippen LogP contribution in [-0.2, 0) is 4.79 Å². The van der Waals surface area contributed by atoms with Gasteiger partial charge in [0.05, 0.1) is 5.69 Å². The van der Waals surface area contributed by atoms with Gasteiger partial charge in [-0.1, -0.05) is 45.7 Å². The molecule has 6 heteroatoms. The monoisotopic (exact) mass is 470 g/mol. The summed E-state index contributed by atoms with van der Waals surface area (Å²) in [6.45, 7) is 3.84. The lowest BCUT2D eigenvalue weighted by Crippen LogP contribution is -2.20. The molecule has 0 bridgehead atoms. The van der Waals surface area contributed by atoms with E-state index in [9.17, 15) is 4.79 Å². The number of nitrogens with one attached hydrogen (secondary N) is 1. The van der Waals surface area contributed by atoms with Crippen molar-refractivity contribution in [3.63, 3.8) is 0 Å². The van der Waals surface area contributed by atoms with E-state index in [1.807, 2.05) is 62.4 Å². The highest BCUT2D eigenvalue weighted by atomic mass is 79.9. The van der Waals surface area contributed by atoms with Crippen LogP contribution in [-0.4, -0.2) is 18.7 Å². The first kappa shape index (κ1) is 21.1. The van der Waals surface area contributed by atoms with Crippen LogP contribution < -0.4 is 10.1 Å². The van der Waals surface area contributed by atoms with E-state index in [1.54, 1.807) is 18.3 Å². The SMILES string of the molecule is Cc1cccc(NC(=O)COc2ccc(Br)cc2C=Nc2cc(Cl)ccc2C)c1. The molecule has 3 rings (SSSR count). The third-order valence-electron chi connectivity index (χ3n) is 4.15. The highest BCUT2D eigenvalue weighted by molar-refractivity contribution is 9.10. The minimum Gasteiger partial charge on any atom is -0.483 e. The second-order valence-corrected chi connectivity index (χ2v) is 7.93. The summed E-state index contributed by atoms with van der Waals surface area (Å²) in [4.78, 5) is 16.8. The minimum absolute atomic E-state index is 0.105. The van der Waals surface area contributed by atoms with Crippen molar-refractivity contribution in [2.75, 3.05) is 11.9 Å². The quantitative estimate of drug-likeness (QED) is 0.418. The van der Waals surface area contributed by atoms with Gasteiger partial charge in [0.15, 0.2) is 6.61 Å². The lowest BCUT2D eigenvalue weighted by Gasteiger charge is -2.10. The molecular weight excluding hydrogens is 452 g/mol. The van der Waals surface area contributed by atoms with Crippen molar-refractivity contribution in [3.8, 4) is 5.75 Å². The molecule has 0 aliphatic heterocycles. The summed E-state index contributed by atoms with van der Waals surface area (Å²) in [6.07, 6.45) is 1.71. The van der Waals surface area contributed by atoms with Crippen LogP contribution in [0.4, 0.5) is 11.4 Å². The summed E-state index contributed by atoms with van der Waals surface area (Å²) in [6, 6.07) is 18.7. The molecule has 0 saturated carbocycles. The zero-order valence-electron chi connectivity index (χ0n) is 16.1. The van der Waals surface area contributed by atoms with Crippen LogP contribution in [0, 0.1) is 13.8 Å². The zero-order chi connectivity index (χ0) is 20.8. The first-order valence-electron chi connectivity index (χ1n) is 9.00. The van der Waals surface area contributed by atoms with E-state index in [1.165, 1.54) is 0 Å². The molecule has 0 aliphatic rings. The average molecular weight is 472 g/mol. The van der Waals surface area contributed by atoms with E-state index in [-0.39, 0.29) is 12.5 Å². The molecule has 0 radical (unpaired) electrons. The Hall–Kier alpha value is -2.63. The second kappa shape index (κ2) is 9.72. The van der Waals surface area contributed by atoms with Crippen LogP contribution >= 0.6 is 27.5 Å². The van der Waals surface area contributed by atoms with Gasteiger partial charge in [0.25, 0.3) is 5.91 Å². The summed E-state index contributed by atoms with van der Waals surface area (Å²) in [5.74, 6) is 0.336. The standard InChI is InChI=1S/C23H20BrClN2O2/c1-15-4-3-5-20(10-15)27-23(28)14-29-22-9-7-18(24)11-17(22)13-26-21-12-19(25)8-6-16(21)2/h3-13H,14H2,1-2H3,(H,27,28). The van der Waals surface area contributed by atoms with Crippen LogP contribution in [0.5, 0.6) is 5.75 Å². The first-order chi connectivity index (χ1) is 13.9. The Bertz CT molecular complexity index is 1070. The van der Waals surface area contributed by atoms with E-state index >= 15 is 0 Å². The van der Waals surface area contributed by atoms with E-state index in [4.69, 9.17) is 16.3 Å². The first-order valence-corrected chi connectivity index (χ1v) is 10.2. The molecule has 0 unspecified atom stereocenters. The Morgan fingerprint density at radius 3 is 2.76 bits per heavy atom. The van der Waals surface area contributed by atoms with Gasteiger partial charge < -0.3 is 10.1 Å². The Kier molecular flexibility index (Phi) is 7.07. The lowest BCUT2D eigenvalue weighted by atomic mass is 10.2. The fourth-order valence-electron chi connectivity index (χ4n) is 2.68. The molecule has 3 aromatic carbocycles. The summed E-state index contributed by atoms with van der Waals surface area (Å²) in [5.41, 5.74) is 4.36. The summed E-state index contributed by atoms with van der Waals surface area (Å²) >= 11 is 9.53. The molecule has 0 aromatic heterocycles. The van der Waals surface area contributed by atoms with Crippen molar-refractivity contribution in [2.45, 2.75) is 13.8 Å². The Morgan fingerprint density at radius 1 is 1.14 bits per heavy atom. The second-order valence-electron chi connectivity index (χ2n) is 6.58. The van der Waals surface area contributed by atoms with Crippen molar-refractivity contribution in [2.24, 2.45) is 4.99 Å². The predicted octanol–water partition coefficient (Wildman–Crippen LogP) is 6.49. The summed E-state index contributed by atoms with van der Waals surface area (Å²) in [5, 5.41) is 3.46. The largest absolute Gasteiger partial charge is 0.483 e. The minimum atomic E-state index is -0.230. The number of benzene rings is 3. The van der Waals surface area contributed by atoms with Gasteiger partial charge in [-0.3, -0.25) is 9.79 Å². The summed E-state index contributed by atoms with van der Waals surface area (Å²) in [7, 11) is 0. The number of ether oxygens (including phenoxy) is 1. The van der Waals surface area contributed by atoms with Crippen LogP contribution in [0.2, 0.25) is 5.02 Å². The fourth-order valence-corrected chi connectivity index (χ4v) is 3.22. The van der Waals surface area contributed by atoms with E-state index in [0.717, 1.165) is 32.5 Å². The van der Waals surface area contributed by atoms with Crippen molar-refractivity contribution in [1.29, 1.82) is 0 Å². The van der Waals surface area contributed by atoms with Crippen molar-refractivity contribution in [3.05, 3.63) is 86.8 Å². The van der Waals surface area contributed by atoms with E-state index in [0.29, 0.717) is 10.8 Å². The van der Waals surface area contributed by atoms with Crippen LogP contribution in [0.15, 0.2) is 70.1 Å². The van der Waals surface area contributed by atoms with Crippen LogP contribution in [0.3, 0.4) is 0 Å². The molecule has 0 fully saturated rings. The van der Waals surface area contributed by atoms with Gasteiger partial charge in [-0.2, -0.15) is 0 Å². The van der Waals surface area contributed by atoms with Gasteiger partial charge in [0, 0.05) is 27.0 Å². The molecule has 0 aliphatic carbocycles. The molecule has 1 N–H and O–H groups in total. The number of rotatable bonds is 6. The molecule has 1 amide bonds. The predicted molar refractivity (Wildman–Crippen MR) is 123 cm³/mol. The zero-order valence-corrected chi connectivity index (χ0v) is 18.4. The van der Waals surface area contributed by atoms with Gasteiger partial charge in [-0.25, -0.2) is 0 Å². The number of carbonyl (C=O) groups excluding carboxylic acids is 1.